The van der Waals surface area contributed by atoms with Crippen LogP contribution in [0.3, 0.4) is 0 Å². The van der Waals surface area contributed by atoms with Gasteiger partial charge in [-0.25, -0.2) is 0 Å². The van der Waals surface area contributed by atoms with Gasteiger partial charge < -0.3 is 15.4 Å². The lowest BCUT2D eigenvalue weighted by Crippen LogP contribution is -2.32. The predicted octanol–water partition coefficient (Wildman–Crippen LogP) is 4.59. The number of nitrogen functional groups attached to an aromatic ring is 1. The van der Waals surface area contributed by atoms with Crippen LogP contribution in [0.1, 0.15) is 67.8 Å². The molecule has 4 rings (SSSR count). The monoisotopic (exact) mass is 458 g/mol. The largest absolute Gasteiger partial charge is 0.467 e. The van der Waals surface area contributed by atoms with E-state index >= 15 is 0 Å². The molecule has 0 spiro atoms. The van der Waals surface area contributed by atoms with E-state index < -0.39 is 0 Å². The highest BCUT2D eigenvalue weighted by atomic mass is 16.5. The third-order valence-electron chi connectivity index (χ3n) is 7.50. The lowest BCUT2D eigenvalue weighted by Gasteiger charge is -2.36. The summed E-state index contributed by atoms with van der Waals surface area (Å²) >= 11 is 0. The van der Waals surface area contributed by atoms with Gasteiger partial charge in [0.25, 0.3) is 0 Å². The summed E-state index contributed by atoms with van der Waals surface area (Å²) in [5.41, 5.74) is 10.6. The van der Waals surface area contributed by atoms with Crippen LogP contribution in [0, 0.1) is 34.0 Å². The lowest BCUT2D eigenvalue weighted by atomic mass is 9.71. The molecule has 1 aliphatic carbocycles. The highest BCUT2D eigenvalue weighted by Gasteiger charge is 2.34. The quantitative estimate of drug-likeness (QED) is 0.630. The molecule has 2 N–H and O–H groups in total. The normalized spacial score (nSPS) is 22.2. The molecular weight excluding hydrogens is 424 g/mol. The Hall–Kier alpha value is -3.32. The predicted molar refractivity (Wildman–Crippen MR) is 132 cm³/mol. The molecule has 0 amide bonds. The number of nitrogens with zero attached hydrogens (tertiary/aromatic N) is 5. The summed E-state index contributed by atoms with van der Waals surface area (Å²) in [6, 6.07) is 10.8. The van der Waals surface area contributed by atoms with Crippen LogP contribution in [0.25, 0.3) is 0 Å². The maximum atomic E-state index is 9.35. The molecule has 34 heavy (non-hydrogen) atoms. The highest BCUT2D eigenvalue weighted by Crippen LogP contribution is 2.42. The van der Waals surface area contributed by atoms with Gasteiger partial charge >= 0.3 is 6.01 Å². The SMILES string of the molecule is COc1nc2c(c(N3CCCC(C#N)CC3)n1)CCC(C)(CCCc1ccc(N)c(C#N)c1)C2. The van der Waals surface area contributed by atoms with Crippen molar-refractivity contribution in [3.8, 4) is 18.1 Å². The van der Waals surface area contributed by atoms with Gasteiger partial charge in [0, 0.05) is 30.3 Å². The number of ether oxygens (including phenoxy) is 1. The summed E-state index contributed by atoms with van der Waals surface area (Å²) in [5, 5.41) is 18.6. The maximum Gasteiger partial charge on any atom is 0.318 e. The van der Waals surface area contributed by atoms with E-state index in [1.54, 1.807) is 7.11 Å². The second kappa shape index (κ2) is 10.3. The Bertz CT molecular complexity index is 1120. The van der Waals surface area contributed by atoms with Crippen molar-refractivity contribution in [2.45, 2.75) is 64.7 Å². The lowest BCUT2D eigenvalue weighted by molar-refractivity contribution is 0.243. The van der Waals surface area contributed by atoms with Crippen molar-refractivity contribution < 1.29 is 4.74 Å². The smallest absolute Gasteiger partial charge is 0.318 e. The maximum absolute atomic E-state index is 9.35. The molecule has 2 aliphatic rings. The van der Waals surface area contributed by atoms with Gasteiger partial charge in [-0.05, 0) is 80.9 Å². The average molecular weight is 459 g/mol. The topological polar surface area (TPSA) is 112 Å². The zero-order valence-electron chi connectivity index (χ0n) is 20.3. The van der Waals surface area contributed by atoms with E-state index in [2.05, 4.69) is 24.0 Å². The first-order chi connectivity index (χ1) is 16.4. The molecule has 0 bridgehead atoms. The number of aromatic nitrogens is 2. The molecule has 1 saturated heterocycles. The van der Waals surface area contributed by atoms with Crippen LogP contribution in [0.15, 0.2) is 18.2 Å². The van der Waals surface area contributed by atoms with E-state index in [9.17, 15) is 10.5 Å². The first-order valence-electron chi connectivity index (χ1n) is 12.3. The zero-order chi connectivity index (χ0) is 24.1. The van der Waals surface area contributed by atoms with Crippen LogP contribution < -0.4 is 15.4 Å². The molecule has 1 aliphatic heterocycles. The fourth-order valence-corrected chi connectivity index (χ4v) is 5.40. The minimum atomic E-state index is 0.137. The number of hydrogen-bond acceptors (Lipinski definition) is 7. The number of methoxy groups -OCH3 is 1. The summed E-state index contributed by atoms with van der Waals surface area (Å²) < 4.78 is 5.49. The third kappa shape index (κ3) is 5.25. The number of fused-ring (bicyclic) bond motifs is 1. The number of aryl methyl sites for hydroxylation is 1. The zero-order valence-corrected chi connectivity index (χ0v) is 20.3. The Kier molecular flexibility index (Phi) is 7.22. The molecule has 0 radical (unpaired) electrons. The van der Waals surface area contributed by atoms with E-state index in [0.29, 0.717) is 17.3 Å². The van der Waals surface area contributed by atoms with Gasteiger partial charge in [-0.1, -0.05) is 13.0 Å². The number of benzene rings is 1. The Labute approximate surface area is 202 Å². The Morgan fingerprint density at radius 2 is 2.09 bits per heavy atom. The second-order valence-corrected chi connectivity index (χ2v) is 10.1. The number of nitriles is 2. The molecule has 1 fully saturated rings. The van der Waals surface area contributed by atoms with Crippen molar-refractivity contribution in [2.24, 2.45) is 11.3 Å². The minimum absolute atomic E-state index is 0.137. The fraction of sp³-hybridized carbons (Fsp3) is 0.556. The van der Waals surface area contributed by atoms with Crippen LogP contribution in [-0.4, -0.2) is 30.2 Å². The van der Waals surface area contributed by atoms with E-state index in [1.807, 2.05) is 18.2 Å². The van der Waals surface area contributed by atoms with Gasteiger partial charge in [0.05, 0.1) is 24.4 Å². The molecule has 178 valence electrons. The Morgan fingerprint density at radius 1 is 1.24 bits per heavy atom. The molecule has 0 saturated carbocycles. The van der Waals surface area contributed by atoms with E-state index in [-0.39, 0.29) is 11.3 Å². The Morgan fingerprint density at radius 3 is 2.85 bits per heavy atom. The van der Waals surface area contributed by atoms with Crippen molar-refractivity contribution in [1.29, 1.82) is 10.5 Å². The molecular formula is C27H34N6O. The van der Waals surface area contributed by atoms with Gasteiger partial charge in [0.2, 0.25) is 0 Å². The third-order valence-corrected chi connectivity index (χ3v) is 7.50. The van der Waals surface area contributed by atoms with Crippen molar-refractivity contribution in [1.82, 2.24) is 9.97 Å². The molecule has 1 aromatic carbocycles. The highest BCUT2D eigenvalue weighted by molar-refractivity contribution is 5.55. The number of hydrogen-bond donors (Lipinski definition) is 1. The fourth-order valence-electron chi connectivity index (χ4n) is 5.40. The summed E-state index contributed by atoms with van der Waals surface area (Å²) in [6.07, 6.45) is 8.90. The minimum Gasteiger partial charge on any atom is -0.467 e. The van der Waals surface area contributed by atoms with Crippen LogP contribution in [0.4, 0.5) is 11.5 Å². The first kappa shape index (κ1) is 23.8. The molecule has 2 heterocycles. The van der Waals surface area contributed by atoms with E-state index in [1.165, 1.54) is 5.56 Å². The molecule has 2 atom stereocenters. The van der Waals surface area contributed by atoms with Crippen molar-refractivity contribution in [2.75, 3.05) is 30.8 Å². The van der Waals surface area contributed by atoms with Gasteiger partial charge in [-0.3, -0.25) is 0 Å². The first-order valence-corrected chi connectivity index (χ1v) is 12.3. The summed E-state index contributed by atoms with van der Waals surface area (Å²) in [5.74, 6) is 1.14. The summed E-state index contributed by atoms with van der Waals surface area (Å²) in [7, 11) is 1.63. The summed E-state index contributed by atoms with van der Waals surface area (Å²) in [4.78, 5) is 11.9. The molecule has 2 unspecified atom stereocenters. The molecule has 7 nitrogen and oxygen atoms in total. The van der Waals surface area contributed by atoms with Gasteiger partial charge in [0.15, 0.2) is 0 Å². The van der Waals surface area contributed by atoms with Gasteiger partial charge in [-0.2, -0.15) is 20.5 Å². The van der Waals surface area contributed by atoms with Crippen LogP contribution in [0.5, 0.6) is 6.01 Å². The van der Waals surface area contributed by atoms with Gasteiger partial charge in [-0.15, -0.1) is 0 Å². The van der Waals surface area contributed by atoms with E-state index in [4.69, 9.17) is 20.4 Å². The van der Waals surface area contributed by atoms with Crippen LogP contribution in [0.2, 0.25) is 0 Å². The van der Waals surface area contributed by atoms with E-state index in [0.717, 1.165) is 88.0 Å². The number of anilines is 2. The molecule has 7 heteroatoms. The van der Waals surface area contributed by atoms with Crippen molar-refractivity contribution in [3.05, 3.63) is 40.6 Å². The Balaban J connectivity index is 1.47. The summed E-state index contributed by atoms with van der Waals surface area (Å²) in [6.45, 7) is 4.14. The average Bonchev–Trinajstić information content (AvgIpc) is 3.09. The second-order valence-electron chi connectivity index (χ2n) is 10.1. The van der Waals surface area contributed by atoms with Crippen LogP contribution in [-0.2, 0) is 19.3 Å². The van der Waals surface area contributed by atoms with Crippen LogP contribution >= 0.6 is 0 Å². The van der Waals surface area contributed by atoms with Gasteiger partial charge in [0.1, 0.15) is 11.9 Å². The standard InChI is InChI=1S/C27H34N6O/c1-27(11-3-5-19-7-8-23(30)21(15-19)18-29)12-9-22-24(16-27)31-26(34-2)32-25(22)33-13-4-6-20(17-28)10-14-33/h7-8,15,20H,3-6,9-14,16,30H2,1-2H3. The molecule has 2 aromatic rings. The van der Waals surface area contributed by atoms with Crippen molar-refractivity contribution in [3.63, 3.8) is 0 Å². The number of nitrogens with two attached hydrogens (primary N) is 1. The van der Waals surface area contributed by atoms with Crippen molar-refractivity contribution >= 4 is 11.5 Å². The molecule has 1 aromatic heterocycles. The number of rotatable bonds is 6.